The van der Waals surface area contributed by atoms with Crippen LogP contribution >= 0.6 is 0 Å². The number of hydrogen-bond acceptors (Lipinski definition) is 2. The van der Waals surface area contributed by atoms with E-state index in [4.69, 9.17) is 0 Å². The third kappa shape index (κ3) is 6.15. The maximum atomic E-state index is 10.5. The Morgan fingerprint density at radius 1 is 0.676 bits per heavy atom. The van der Waals surface area contributed by atoms with Crippen molar-refractivity contribution in [2.45, 2.75) is 52.6 Å². The van der Waals surface area contributed by atoms with Crippen LogP contribution in [0.2, 0.25) is 0 Å². The van der Waals surface area contributed by atoms with Gasteiger partial charge in [0.05, 0.1) is 6.10 Å². The second-order valence-corrected chi connectivity index (χ2v) is 9.32. The minimum absolute atomic E-state index is 0.374. The Hall–Kier alpha value is -3.36. The average molecular weight is 450 g/mol. The zero-order chi connectivity index (χ0) is 23.9. The summed E-state index contributed by atoms with van der Waals surface area (Å²) in [6.07, 6.45) is 3.55. The van der Waals surface area contributed by atoms with Crippen LogP contribution in [0.25, 0.3) is 11.1 Å². The molecule has 0 aromatic heterocycles. The summed E-state index contributed by atoms with van der Waals surface area (Å²) in [6.45, 7) is 6.36. The Morgan fingerprint density at radius 2 is 1.38 bits per heavy atom. The standard InChI is InChI=1S/C32H35NO/c1-23-13-17-28(21-25(23)3)32(34)12-8-7-9-26-15-19-29(20-16-26)33-30-18-14-24(2)31(22-30)27-10-5-4-6-11-27/h4-6,10-11,13-22,32-34H,7-9,12H2,1-3H3/t32-/m0/s1. The van der Waals surface area contributed by atoms with Crippen molar-refractivity contribution in [3.63, 3.8) is 0 Å². The van der Waals surface area contributed by atoms with E-state index in [9.17, 15) is 5.11 Å². The lowest BCUT2D eigenvalue weighted by Crippen LogP contribution is -1.99. The van der Waals surface area contributed by atoms with Crippen molar-refractivity contribution < 1.29 is 5.11 Å². The number of aliphatic hydroxyl groups excluding tert-OH is 1. The van der Waals surface area contributed by atoms with Crippen LogP contribution in [0.4, 0.5) is 11.4 Å². The van der Waals surface area contributed by atoms with Gasteiger partial charge in [-0.2, -0.15) is 0 Å². The van der Waals surface area contributed by atoms with Gasteiger partial charge in [-0.1, -0.05) is 73.2 Å². The number of aryl methyl sites for hydroxylation is 4. The van der Waals surface area contributed by atoms with Gasteiger partial charge in [-0.3, -0.25) is 0 Å². The quantitative estimate of drug-likeness (QED) is 0.251. The van der Waals surface area contributed by atoms with E-state index in [0.29, 0.717) is 0 Å². The number of hydrogen-bond donors (Lipinski definition) is 2. The van der Waals surface area contributed by atoms with Crippen LogP contribution in [0.3, 0.4) is 0 Å². The Balaban J connectivity index is 1.28. The van der Waals surface area contributed by atoms with E-state index in [1.165, 1.54) is 33.4 Å². The van der Waals surface area contributed by atoms with Crippen molar-refractivity contribution in [3.8, 4) is 11.1 Å². The number of unbranched alkanes of at least 4 members (excludes halogenated alkanes) is 1. The number of rotatable bonds is 9. The fourth-order valence-corrected chi connectivity index (χ4v) is 4.36. The summed E-state index contributed by atoms with van der Waals surface area (Å²) < 4.78 is 0. The van der Waals surface area contributed by atoms with E-state index in [2.05, 4.69) is 117 Å². The molecule has 0 aliphatic heterocycles. The SMILES string of the molecule is Cc1ccc([C@@H](O)CCCCc2ccc(Nc3ccc(C)c(-c4ccccc4)c3)cc2)cc1C. The van der Waals surface area contributed by atoms with Crippen molar-refractivity contribution in [1.82, 2.24) is 0 Å². The van der Waals surface area contributed by atoms with Gasteiger partial charge < -0.3 is 10.4 Å². The van der Waals surface area contributed by atoms with Gasteiger partial charge in [0.1, 0.15) is 0 Å². The highest BCUT2D eigenvalue weighted by molar-refractivity contribution is 5.73. The lowest BCUT2D eigenvalue weighted by atomic mass is 9.98. The number of anilines is 2. The van der Waals surface area contributed by atoms with Crippen LogP contribution in [-0.4, -0.2) is 5.11 Å². The molecule has 0 aliphatic carbocycles. The number of aliphatic hydroxyl groups is 1. The Morgan fingerprint density at radius 3 is 2.12 bits per heavy atom. The first-order chi connectivity index (χ1) is 16.5. The summed E-state index contributed by atoms with van der Waals surface area (Å²) >= 11 is 0. The lowest BCUT2D eigenvalue weighted by molar-refractivity contribution is 0.163. The molecule has 0 unspecified atom stereocenters. The minimum Gasteiger partial charge on any atom is -0.388 e. The van der Waals surface area contributed by atoms with E-state index >= 15 is 0 Å². The summed E-state index contributed by atoms with van der Waals surface area (Å²) in [5.41, 5.74) is 10.8. The molecule has 0 saturated heterocycles. The lowest BCUT2D eigenvalue weighted by Gasteiger charge is -2.13. The minimum atomic E-state index is -0.374. The van der Waals surface area contributed by atoms with E-state index in [0.717, 1.165) is 42.6 Å². The zero-order valence-corrected chi connectivity index (χ0v) is 20.5. The third-order valence-electron chi connectivity index (χ3n) is 6.67. The first-order valence-corrected chi connectivity index (χ1v) is 12.3. The summed E-state index contributed by atoms with van der Waals surface area (Å²) in [5.74, 6) is 0. The Bertz CT molecular complexity index is 1210. The van der Waals surface area contributed by atoms with Crippen molar-refractivity contribution in [1.29, 1.82) is 0 Å². The molecule has 4 aromatic rings. The molecule has 0 aliphatic rings. The first kappa shape index (κ1) is 23.8. The maximum absolute atomic E-state index is 10.5. The van der Waals surface area contributed by atoms with Crippen LogP contribution < -0.4 is 5.32 Å². The molecule has 4 rings (SSSR count). The zero-order valence-electron chi connectivity index (χ0n) is 20.5. The first-order valence-electron chi connectivity index (χ1n) is 12.3. The van der Waals surface area contributed by atoms with Gasteiger partial charge in [0.15, 0.2) is 0 Å². The summed E-state index contributed by atoms with van der Waals surface area (Å²) in [6, 6.07) is 32.0. The Kier molecular flexibility index (Phi) is 7.82. The van der Waals surface area contributed by atoms with Gasteiger partial charge in [-0.05, 0) is 103 Å². The van der Waals surface area contributed by atoms with Gasteiger partial charge in [0.25, 0.3) is 0 Å². The van der Waals surface area contributed by atoms with Crippen LogP contribution in [0.15, 0.2) is 91.0 Å². The molecule has 4 aromatic carbocycles. The third-order valence-corrected chi connectivity index (χ3v) is 6.67. The molecule has 0 bridgehead atoms. The van der Waals surface area contributed by atoms with E-state index < -0.39 is 0 Å². The average Bonchev–Trinajstić information content (AvgIpc) is 2.86. The molecule has 0 fully saturated rings. The van der Waals surface area contributed by atoms with Crippen molar-refractivity contribution in [2.24, 2.45) is 0 Å². The van der Waals surface area contributed by atoms with E-state index in [-0.39, 0.29) is 6.10 Å². The van der Waals surface area contributed by atoms with Crippen molar-refractivity contribution in [3.05, 3.63) is 119 Å². The molecule has 2 heteroatoms. The van der Waals surface area contributed by atoms with E-state index in [1.807, 2.05) is 0 Å². The van der Waals surface area contributed by atoms with Crippen LogP contribution in [-0.2, 0) is 6.42 Å². The normalized spacial score (nSPS) is 11.9. The van der Waals surface area contributed by atoms with Gasteiger partial charge in [-0.15, -0.1) is 0 Å². The van der Waals surface area contributed by atoms with Gasteiger partial charge in [0.2, 0.25) is 0 Å². The van der Waals surface area contributed by atoms with Crippen LogP contribution in [0, 0.1) is 20.8 Å². The predicted octanol–water partition coefficient (Wildman–Crippen LogP) is 8.47. The molecule has 1 atom stereocenters. The fourth-order valence-electron chi connectivity index (χ4n) is 4.36. The molecular weight excluding hydrogens is 414 g/mol. The fraction of sp³-hybridized carbons (Fsp3) is 0.250. The molecule has 2 nitrogen and oxygen atoms in total. The van der Waals surface area contributed by atoms with E-state index in [1.54, 1.807) is 0 Å². The largest absolute Gasteiger partial charge is 0.388 e. The highest BCUT2D eigenvalue weighted by Crippen LogP contribution is 2.28. The maximum Gasteiger partial charge on any atom is 0.0790 e. The Labute approximate surface area is 204 Å². The molecular formula is C32H35NO. The molecule has 34 heavy (non-hydrogen) atoms. The molecule has 0 heterocycles. The molecule has 2 N–H and O–H groups in total. The number of nitrogens with one attached hydrogen (secondary N) is 1. The number of benzene rings is 4. The van der Waals surface area contributed by atoms with Crippen LogP contribution in [0.1, 0.15) is 53.2 Å². The molecule has 0 saturated carbocycles. The van der Waals surface area contributed by atoms with Crippen molar-refractivity contribution in [2.75, 3.05) is 5.32 Å². The highest BCUT2D eigenvalue weighted by atomic mass is 16.3. The summed E-state index contributed by atoms with van der Waals surface area (Å²) in [4.78, 5) is 0. The summed E-state index contributed by atoms with van der Waals surface area (Å²) in [7, 11) is 0. The highest BCUT2D eigenvalue weighted by Gasteiger charge is 2.08. The van der Waals surface area contributed by atoms with Gasteiger partial charge in [-0.25, -0.2) is 0 Å². The topological polar surface area (TPSA) is 32.3 Å². The monoisotopic (exact) mass is 449 g/mol. The molecule has 0 amide bonds. The van der Waals surface area contributed by atoms with Crippen LogP contribution in [0.5, 0.6) is 0 Å². The van der Waals surface area contributed by atoms with Gasteiger partial charge in [0, 0.05) is 11.4 Å². The summed E-state index contributed by atoms with van der Waals surface area (Å²) in [5, 5.41) is 14.1. The predicted molar refractivity (Wildman–Crippen MR) is 145 cm³/mol. The second kappa shape index (κ2) is 11.2. The molecule has 174 valence electrons. The molecule has 0 spiro atoms. The molecule has 0 radical (unpaired) electrons. The van der Waals surface area contributed by atoms with Gasteiger partial charge >= 0.3 is 0 Å². The van der Waals surface area contributed by atoms with Crippen molar-refractivity contribution >= 4 is 11.4 Å². The second-order valence-electron chi connectivity index (χ2n) is 9.32. The smallest absolute Gasteiger partial charge is 0.0790 e.